The minimum absolute atomic E-state index is 0. The minimum Gasteiger partial charge on any atom is -0.341 e. The number of hydrogen-bond acceptors (Lipinski definition) is 4. The minimum atomic E-state index is -3.41. The summed E-state index contributed by atoms with van der Waals surface area (Å²) in [5.74, 6) is 0.976. The Bertz CT molecular complexity index is 501. The van der Waals surface area contributed by atoms with Crippen molar-refractivity contribution in [1.82, 2.24) is 10.2 Å². The van der Waals surface area contributed by atoms with Crippen LogP contribution in [0.5, 0.6) is 0 Å². The first-order chi connectivity index (χ1) is 10.3. The summed E-state index contributed by atoms with van der Waals surface area (Å²) in [4.78, 5) is 14.9. The van der Waals surface area contributed by atoms with Crippen molar-refractivity contribution in [3.05, 3.63) is 0 Å². The average Bonchev–Trinajstić information content (AvgIpc) is 2.45. The molecule has 7 heteroatoms. The first kappa shape index (κ1) is 20.7. The van der Waals surface area contributed by atoms with Crippen LogP contribution >= 0.6 is 12.4 Å². The van der Waals surface area contributed by atoms with Gasteiger partial charge in [-0.15, -0.1) is 12.4 Å². The highest BCUT2D eigenvalue weighted by molar-refractivity contribution is 7.92. The Hall–Kier alpha value is -0.330. The summed E-state index contributed by atoms with van der Waals surface area (Å²) in [6.45, 7) is 7.03. The number of nitrogens with one attached hydrogen (secondary N) is 1. The van der Waals surface area contributed by atoms with Gasteiger partial charge in [-0.2, -0.15) is 0 Å². The van der Waals surface area contributed by atoms with Gasteiger partial charge in [-0.3, -0.25) is 4.79 Å². The molecule has 1 N–H and O–H groups in total. The van der Waals surface area contributed by atoms with Crippen LogP contribution in [0.1, 0.15) is 46.0 Å². The lowest BCUT2D eigenvalue weighted by Crippen LogP contribution is -2.59. The van der Waals surface area contributed by atoms with Crippen LogP contribution in [-0.4, -0.2) is 56.4 Å². The van der Waals surface area contributed by atoms with E-state index in [-0.39, 0.29) is 18.3 Å². The molecule has 2 aliphatic rings. The highest BCUT2D eigenvalue weighted by Crippen LogP contribution is 2.32. The van der Waals surface area contributed by atoms with Crippen molar-refractivity contribution in [2.75, 3.05) is 32.4 Å². The number of likely N-dealkylation sites (tertiary alicyclic amines) is 1. The lowest BCUT2D eigenvalue weighted by atomic mass is 9.88. The lowest BCUT2D eigenvalue weighted by molar-refractivity contribution is -0.136. The smallest absolute Gasteiger partial charge is 0.244 e. The molecule has 0 bridgehead atoms. The quantitative estimate of drug-likeness (QED) is 0.824. The Morgan fingerprint density at radius 1 is 1.30 bits per heavy atom. The van der Waals surface area contributed by atoms with Gasteiger partial charge in [0, 0.05) is 19.3 Å². The van der Waals surface area contributed by atoms with Crippen molar-refractivity contribution in [2.45, 2.75) is 50.7 Å². The zero-order valence-corrected chi connectivity index (χ0v) is 16.1. The van der Waals surface area contributed by atoms with E-state index in [0.717, 1.165) is 25.8 Å². The third-order valence-corrected chi connectivity index (χ3v) is 7.12. The van der Waals surface area contributed by atoms with E-state index in [9.17, 15) is 13.2 Å². The van der Waals surface area contributed by atoms with Crippen molar-refractivity contribution < 1.29 is 13.2 Å². The molecule has 0 aromatic carbocycles. The molecule has 2 aliphatic heterocycles. The number of piperidine rings is 2. The normalized spacial score (nSPS) is 25.0. The number of amides is 1. The molecule has 5 nitrogen and oxygen atoms in total. The molecule has 0 saturated carbocycles. The third-order valence-electron chi connectivity index (χ3n) is 5.12. The highest BCUT2D eigenvalue weighted by atomic mass is 35.5. The van der Waals surface area contributed by atoms with Gasteiger partial charge in [-0.05, 0) is 57.0 Å². The van der Waals surface area contributed by atoms with Crippen LogP contribution in [0.4, 0.5) is 0 Å². The summed E-state index contributed by atoms with van der Waals surface area (Å²) < 4.78 is 23.6. The predicted molar refractivity (Wildman–Crippen MR) is 95.7 cm³/mol. The molecule has 1 unspecified atom stereocenters. The predicted octanol–water partition coefficient (Wildman–Crippen LogP) is 1.86. The number of sulfone groups is 1. The van der Waals surface area contributed by atoms with Crippen molar-refractivity contribution in [3.63, 3.8) is 0 Å². The van der Waals surface area contributed by atoms with Crippen LogP contribution in [0.3, 0.4) is 0 Å². The summed E-state index contributed by atoms with van der Waals surface area (Å²) >= 11 is 0. The van der Waals surface area contributed by atoms with Gasteiger partial charge in [0.05, 0.1) is 0 Å². The fraction of sp³-hybridized carbons (Fsp3) is 0.938. The standard InChI is InChI=1S/C16H30N2O3S.ClH/c1-13(2)11-14-5-4-10-18(12-14)15(19)16(22(3,20)21)6-8-17-9-7-16;/h13-14,17H,4-12H2,1-3H3;1H. The fourth-order valence-corrected chi connectivity index (χ4v) is 5.36. The van der Waals surface area contributed by atoms with Crippen LogP contribution in [-0.2, 0) is 14.6 Å². The Balaban J connectivity index is 0.00000264. The number of halogens is 1. The molecule has 0 radical (unpaired) electrons. The second-order valence-electron chi connectivity index (χ2n) is 7.41. The molecule has 2 saturated heterocycles. The second-order valence-corrected chi connectivity index (χ2v) is 9.73. The zero-order chi connectivity index (χ0) is 16.4. The van der Waals surface area contributed by atoms with E-state index in [1.807, 2.05) is 4.90 Å². The Kier molecular flexibility index (Phi) is 7.36. The fourth-order valence-electron chi connectivity index (χ4n) is 3.97. The zero-order valence-electron chi connectivity index (χ0n) is 14.5. The first-order valence-corrected chi connectivity index (χ1v) is 10.3. The van der Waals surface area contributed by atoms with Crippen LogP contribution in [0.25, 0.3) is 0 Å². The maximum Gasteiger partial charge on any atom is 0.244 e. The molecule has 0 aromatic heterocycles. The van der Waals surface area contributed by atoms with Gasteiger partial charge >= 0.3 is 0 Å². The molecular formula is C16H31ClN2O3S. The molecule has 0 aromatic rings. The van der Waals surface area contributed by atoms with Gasteiger partial charge in [0.2, 0.25) is 5.91 Å². The summed E-state index contributed by atoms with van der Waals surface area (Å²) in [6, 6.07) is 0. The summed E-state index contributed by atoms with van der Waals surface area (Å²) in [5.41, 5.74) is 0. The van der Waals surface area contributed by atoms with E-state index in [4.69, 9.17) is 0 Å². The largest absolute Gasteiger partial charge is 0.341 e. The van der Waals surface area contributed by atoms with Crippen molar-refractivity contribution >= 4 is 28.2 Å². The van der Waals surface area contributed by atoms with Gasteiger partial charge < -0.3 is 10.2 Å². The Morgan fingerprint density at radius 2 is 1.91 bits per heavy atom. The average molecular weight is 367 g/mol. The molecule has 2 rings (SSSR count). The summed E-state index contributed by atoms with van der Waals surface area (Å²) in [7, 11) is -3.41. The molecular weight excluding hydrogens is 336 g/mol. The Labute approximate surface area is 146 Å². The van der Waals surface area contributed by atoms with E-state index in [0.29, 0.717) is 44.3 Å². The van der Waals surface area contributed by atoms with Crippen molar-refractivity contribution in [2.24, 2.45) is 11.8 Å². The van der Waals surface area contributed by atoms with Crippen LogP contribution < -0.4 is 5.32 Å². The van der Waals surface area contributed by atoms with E-state index >= 15 is 0 Å². The van der Waals surface area contributed by atoms with Crippen LogP contribution in [0, 0.1) is 11.8 Å². The van der Waals surface area contributed by atoms with Gasteiger partial charge in [0.1, 0.15) is 0 Å². The number of hydrogen-bond donors (Lipinski definition) is 1. The molecule has 136 valence electrons. The monoisotopic (exact) mass is 366 g/mol. The first-order valence-electron chi connectivity index (χ1n) is 8.46. The summed E-state index contributed by atoms with van der Waals surface area (Å²) in [5, 5.41) is 3.17. The van der Waals surface area contributed by atoms with E-state index in [2.05, 4.69) is 19.2 Å². The molecule has 2 fully saturated rings. The number of carbonyl (C=O) groups is 1. The van der Waals surface area contributed by atoms with Gasteiger partial charge in [-0.1, -0.05) is 13.8 Å². The maximum atomic E-state index is 13.1. The van der Waals surface area contributed by atoms with Crippen molar-refractivity contribution in [3.8, 4) is 0 Å². The number of nitrogens with zero attached hydrogens (tertiary/aromatic N) is 1. The molecule has 2 heterocycles. The van der Waals surface area contributed by atoms with Crippen LogP contribution in [0.2, 0.25) is 0 Å². The molecule has 0 aliphatic carbocycles. The van der Waals surface area contributed by atoms with E-state index < -0.39 is 14.6 Å². The number of rotatable bonds is 4. The topological polar surface area (TPSA) is 66.5 Å². The maximum absolute atomic E-state index is 13.1. The molecule has 23 heavy (non-hydrogen) atoms. The van der Waals surface area contributed by atoms with Crippen LogP contribution in [0.15, 0.2) is 0 Å². The van der Waals surface area contributed by atoms with Gasteiger partial charge in [0.15, 0.2) is 14.6 Å². The molecule has 1 amide bonds. The third kappa shape index (κ3) is 4.60. The second kappa shape index (κ2) is 8.17. The van der Waals surface area contributed by atoms with Crippen molar-refractivity contribution in [1.29, 1.82) is 0 Å². The SMILES string of the molecule is CC(C)CC1CCCN(C(=O)C2(S(C)(=O)=O)CCNCC2)C1.Cl. The van der Waals surface area contributed by atoms with E-state index in [1.54, 1.807) is 0 Å². The number of carbonyl (C=O) groups excluding carboxylic acids is 1. The Morgan fingerprint density at radius 3 is 2.43 bits per heavy atom. The molecule has 1 atom stereocenters. The van der Waals surface area contributed by atoms with E-state index in [1.165, 1.54) is 6.26 Å². The highest BCUT2D eigenvalue weighted by Gasteiger charge is 2.50. The van der Waals surface area contributed by atoms with Gasteiger partial charge in [-0.25, -0.2) is 8.42 Å². The lowest BCUT2D eigenvalue weighted by Gasteiger charge is -2.41. The summed E-state index contributed by atoms with van der Waals surface area (Å²) in [6.07, 6.45) is 5.27. The van der Waals surface area contributed by atoms with Gasteiger partial charge in [0.25, 0.3) is 0 Å². The molecule has 0 spiro atoms.